The molecule has 1 aliphatic rings. The predicted molar refractivity (Wildman–Crippen MR) is 105 cm³/mol. The van der Waals surface area contributed by atoms with Crippen molar-refractivity contribution in [1.82, 2.24) is 14.5 Å². The molecule has 7 nitrogen and oxygen atoms in total. The van der Waals surface area contributed by atoms with Crippen LogP contribution in [0.15, 0.2) is 58.1 Å². The van der Waals surface area contributed by atoms with Crippen LogP contribution in [-0.2, 0) is 6.42 Å². The molecule has 0 amide bonds. The minimum Gasteiger partial charge on any atom is -0.494 e. The monoisotopic (exact) mass is 393 g/mol. The van der Waals surface area contributed by atoms with Gasteiger partial charge in [0.25, 0.3) is 5.56 Å². The quantitative estimate of drug-likeness (QED) is 0.409. The summed E-state index contributed by atoms with van der Waals surface area (Å²) in [4.78, 5) is 30.8. The largest absolute Gasteiger partial charge is 0.494 e. The van der Waals surface area contributed by atoms with Crippen molar-refractivity contribution in [2.45, 2.75) is 12.5 Å². The summed E-state index contributed by atoms with van der Waals surface area (Å²) in [6, 6.07) is 12.5. The molecule has 2 aromatic heterocycles. The maximum absolute atomic E-state index is 13.3. The topological polar surface area (TPSA) is 107 Å². The SMILES string of the molecule is O=c1[nH]c(=O)n(-c2ccc(F)cc2)c(O)c1[C@@H]1[NH2+]CCc2c1[nH]c1ccccc21. The number of hydrogen-bond acceptors (Lipinski definition) is 3. The van der Waals surface area contributed by atoms with E-state index in [1.54, 1.807) is 0 Å². The summed E-state index contributed by atoms with van der Waals surface area (Å²) < 4.78 is 14.3. The molecule has 0 bridgehead atoms. The number of halogens is 1. The molecule has 2 aromatic carbocycles. The van der Waals surface area contributed by atoms with E-state index < -0.39 is 29.0 Å². The van der Waals surface area contributed by atoms with Crippen LogP contribution in [0.3, 0.4) is 0 Å². The average molecular weight is 393 g/mol. The molecule has 8 heteroatoms. The van der Waals surface area contributed by atoms with Gasteiger partial charge >= 0.3 is 5.69 Å². The Kier molecular flexibility index (Phi) is 3.88. The fourth-order valence-corrected chi connectivity index (χ4v) is 4.18. The second-order valence-corrected chi connectivity index (χ2v) is 7.12. The molecule has 0 spiro atoms. The number of quaternary nitrogens is 1. The summed E-state index contributed by atoms with van der Waals surface area (Å²) in [7, 11) is 0. The number of para-hydroxylation sites is 1. The fourth-order valence-electron chi connectivity index (χ4n) is 4.18. The highest BCUT2D eigenvalue weighted by Gasteiger charge is 2.34. The highest BCUT2D eigenvalue weighted by molar-refractivity contribution is 5.85. The molecule has 4 aromatic rings. The average Bonchev–Trinajstić information content (AvgIpc) is 3.09. The number of nitrogens with two attached hydrogens (primary N) is 1. The van der Waals surface area contributed by atoms with Crippen molar-refractivity contribution >= 4 is 10.9 Å². The molecule has 0 saturated heterocycles. The van der Waals surface area contributed by atoms with Crippen molar-refractivity contribution in [3.05, 3.63) is 92.0 Å². The Morgan fingerprint density at radius 1 is 1.07 bits per heavy atom. The fraction of sp³-hybridized carbons (Fsp3) is 0.143. The molecule has 0 fully saturated rings. The molecule has 1 aliphatic heterocycles. The minimum absolute atomic E-state index is 0.0847. The van der Waals surface area contributed by atoms with Crippen LogP contribution < -0.4 is 16.6 Å². The van der Waals surface area contributed by atoms with Crippen molar-refractivity contribution in [2.24, 2.45) is 0 Å². The van der Waals surface area contributed by atoms with Crippen molar-refractivity contribution < 1.29 is 14.8 Å². The molecule has 0 aliphatic carbocycles. The number of aromatic nitrogens is 3. The van der Waals surface area contributed by atoms with Crippen LogP contribution in [0.1, 0.15) is 22.9 Å². The summed E-state index contributed by atoms with van der Waals surface area (Å²) in [5, 5.41) is 14.0. The van der Waals surface area contributed by atoms with Crippen LogP contribution >= 0.6 is 0 Å². The first-order valence-corrected chi connectivity index (χ1v) is 9.31. The van der Waals surface area contributed by atoms with Crippen molar-refractivity contribution in [1.29, 1.82) is 0 Å². The third-order valence-electron chi connectivity index (χ3n) is 5.47. The van der Waals surface area contributed by atoms with Crippen LogP contribution in [0.2, 0.25) is 0 Å². The van der Waals surface area contributed by atoms with Crippen LogP contribution in [-0.4, -0.2) is 26.2 Å². The zero-order valence-electron chi connectivity index (χ0n) is 15.3. The van der Waals surface area contributed by atoms with Gasteiger partial charge in [-0.3, -0.25) is 9.78 Å². The number of benzene rings is 2. The number of rotatable bonds is 2. The van der Waals surface area contributed by atoms with Crippen molar-refractivity contribution in [2.75, 3.05) is 6.54 Å². The Hall–Kier alpha value is -3.65. The molecule has 0 unspecified atom stereocenters. The van der Waals surface area contributed by atoms with Crippen LogP contribution in [0.4, 0.5) is 4.39 Å². The van der Waals surface area contributed by atoms with E-state index in [-0.39, 0.29) is 11.3 Å². The highest BCUT2D eigenvalue weighted by atomic mass is 19.1. The summed E-state index contributed by atoms with van der Waals surface area (Å²) >= 11 is 0. The Morgan fingerprint density at radius 2 is 1.83 bits per heavy atom. The standard InChI is InChI=1S/C21H17FN4O3/c22-11-5-7-12(8-6-11)26-20(28)16(19(27)25-21(26)29)18-17-14(9-10-23-18)13-3-1-2-4-15(13)24-17/h1-8,18,23-24,28H,9-10H2,(H,25,27,29)/p+1/t18-/m0/s1. The lowest BCUT2D eigenvalue weighted by Gasteiger charge is -2.22. The Balaban J connectivity index is 1.74. The molecule has 0 radical (unpaired) electrons. The third-order valence-corrected chi connectivity index (χ3v) is 5.47. The maximum atomic E-state index is 13.3. The minimum atomic E-state index is -0.782. The molecule has 3 heterocycles. The van der Waals surface area contributed by atoms with Crippen LogP contribution in [0.5, 0.6) is 5.88 Å². The molecular weight excluding hydrogens is 375 g/mol. The van der Waals surface area contributed by atoms with Gasteiger partial charge in [0.1, 0.15) is 11.4 Å². The normalized spacial score (nSPS) is 16.1. The summed E-state index contributed by atoms with van der Waals surface area (Å²) in [6.07, 6.45) is 0.826. The lowest BCUT2D eigenvalue weighted by molar-refractivity contribution is -0.690. The smallest absolute Gasteiger partial charge is 0.335 e. The summed E-state index contributed by atoms with van der Waals surface area (Å²) in [6.45, 7) is 0.730. The lowest BCUT2D eigenvalue weighted by Crippen LogP contribution is -2.87. The van der Waals surface area contributed by atoms with Gasteiger partial charge in [-0.15, -0.1) is 0 Å². The van der Waals surface area contributed by atoms with Crippen LogP contribution in [0, 0.1) is 5.82 Å². The third kappa shape index (κ3) is 2.68. The van der Waals surface area contributed by atoms with Crippen molar-refractivity contribution in [3.8, 4) is 11.6 Å². The first-order valence-electron chi connectivity index (χ1n) is 9.31. The van der Waals surface area contributed by atoms with E-state index in [1.807, 2.05) is 29.6 Å². The molecule has 5 rings (SSSR count). The van der Waals surface area contributed by atoms with Gasteiger partial charge in [-0.25, -0.2) is 13.8 Å². The number of nitrogens with zero attached hydrogens (tertiary/aromatic N) is 1. The predicted octanol–water partition coefficient (Wildman–Crippen LogP) is 1.06. The van der Waals surface area contributed by atoms with Gasteiger partial charge in [-0.1, -0.05) is 18.2 Å². The van der Waals surface area contributed by atoms with E-state index in [2.05, 4.69) is 9.97 Å². The van der Waals surface area contributed by atoms with Gasteiger partial charge in [-0.2, -0.15) is 0 Å². The van der Waals surface area contributed by atoms with E-state index in [0.29, 0.717) is 0 Å². The van der Waals surface area contributed by atoms with Gasteiger partial charge in [0.2, 0.25) is 5.88 Å². The Labute approximate surface area is 163 Å². The first kappa shape index (κ1) is 17.4. The Bertz CT molecular complexity index is 1350. The summed E-state index contributed by atoms with van der Waals surface area (Å²) in [5.41, 5.74) is 1.82. The first-order chi connectivity index (χ1) is 14.0. The zero-order chi connectivity index (χ0) is 20.1. The van der Waals surface area contributed by atoms with Gasteiger partial charge in [0.05, 0.1) is 17.9 Å². The lowest BCUT2D eigenvalue weighted by atomic mass is 9.95. The zero-order valence-corrected chi connectivity index (χ0v) is 15.3. The van der Waals surface area contributed by atoms with Crippen LogP contribution in [0.25, 0.3) is 16.6 Å². The number of hydrogen-bond donors (Lipinski definition) is 4. The number of aromatic amines is 2. The molecule has 1 atom stereocenters. The van der Waals surface area contributed by atoms with Gasteiger partial charge in [-0.05, 0) is 35.9 Å². The van der Waals surface area contributed by atoms with Gasteiger partial charge in [0.15, 0.2) is 6.04 Å². The molecule has 29 heavy (non-hydrogen) atoms. The van der Waals surface area contributed by atoms with E-state index in [9.17, 15) is 19.1 Å². The second kappa shape index (κ2) is 6.46. The van der Waals surface area contributed by atoms with E-state index >= 15 is 0 Å². The molecule has 0 saturated carbocycles. The number of aromatic hydroxyl groups is 1. The maximum Gasteiger partial charge on any atom is 0.335 e. The van der Waals surface area contributed by atoms with E-state index in [0.717, 1.165) is 39.7 Å². The molecular formula is C21H18FN4O3+. The molecule has 146 valence electrons. The van der Waals surface area contributed by atoms with Crippen molar-refractivity contribution in [3.63, 3.8) is 0 Å². The number of H-pyrrole nitrogens is 2. The number of fused-ring (bicyclic) bond motifs is 3. The summed E-state index contributed by atoms with van der Waals surface area (Å²) in [5.74, 6) is -0.910. The van der Waals surface area contributed by atoms with Gasteiger partial charge < -0.3 is 15.4 Å². The van der Waals surface area contributed by atoms with E-state index in [4.69, 9.17) is 0 Å². The van der Waals surface area contributed by atoms with E-state index in [1.165, 1.54) is 24.3 Å². The van der Waals surface area contributed by atoms with Gasteiger partial charge in [0, 0.05) is 17.3 Å². The molecule has 5 N–H and O–H groups in total. The number of nitrogens with one attached hydrogen (secondary N) is 2. The Morgan fingerprint density at radius 3 is 2.62 bits per heavy atom. The second-order valence-electron chi connectivity index (χ2n) is 7.12. The highest BCUT2D eigenvalue weighted by Crippen LogP contribution is 2.32.